The van der Waals surface area contributed by atoms with E-state index in [9.17, 15) is 14.4 Å². The number of carbonyl (C=O) groups excluding carboxylic acids is 2. The summed E-state index contributed by atoms with van der Waals surface area (Å²) in [6.07, 6.45) is 4.93. The summed E-state index contributed by atoms with van der Waals surface area (Å²) in [5, 5.41) is 13.4. The van der Waals surface area contributed by atoms with Gasteiger partial charge in [0.15, 0.2) is 5.13 Å². The monoisotopic (exact) mass is 367 g/mol. The van der Waals surface area contributed by atoms with E-state index in [0.29, 0.717) is 10.8 Å². The van der Waals surface area contributed by atoms with Gasteiger partial charge < -0.3 is 15.3 Å². The van der Waals surface area contributed by atoms with Crippen molar-refractivity contribution in [2.75, 3.05) is 11.9 Å². The average Bonchev–Trinajstić information content (AvgIpc) is 2.98. The lowest BCUT2D eigenvalue weighted by Crippen LogP contribution is -2.45. The van der Waals surface area contributed by atoms with Crippen LogP contribution in [-0.4, -0.2) is 45.4 Å². The highest BCUT2D eigenvalue weighted by atomic mass is 32.1. The second-order valence-corrected chi connectivity index (χ2v) is 7.52. The predicted molar refractivity (Wildman–Crippen MR) is 95.5 cm³/mol. The summed E-state index contributed by atoms with van der Waals surface area (Å²) in [7, 11) is 0. The molecule has 0 aromatic carbocycles. The third kappa shape index (κ3) is 5.81. The molecule has 2 amide bonds. The van der Waals surface area contributed by atoms with Crippen LogP contribution in [0.2, 0.25) is 0 Å². The van der Waals surface area contributed by atoms with Crippen LogP contribution < -0.4 is 5.32 Å². The number of carbonyl (C=O) groups is 3. The molecule has 0 spiro atoms. The maximum absolute atomic E-state index is 12.7. The molecule has 1 aliphatic carbocycles. The molecule has 25 heavy (non-hydrogen) atoms. The van der Waals surface area contributed by atoms with E-state index in [-0.39, 0.29) is 36.7 Å². The van der Waals surface area contributed by atoms with Gasteiger partial charge in [-0.3, -0.25) is 14.4 Å². The van der Waals surface area contributed by atoms with Crippen LogP contribution in [0.5, 0.6) is 0 Å². The Balaban J connectivity index is 1.94. The van der Waals surface area contributed by atoms with Gasteiger partial charge in [0.25, 0.3) is 0 Å². The minimum absolute atomic E-state index is 0.0131. The lowest BCUT2D eigenvalue weighted by molar-refractivity contribution is -0.141. The first-order valence-corrected chi connectivity index (χ1v) is 9.51. The fourth-order valence-corrected chi connectivity index (χ4v) is 3.74. The summed E-state index contributed by atoms with van der Waals surface area (Å²) >= 11 is 1.18. The fraction of sp³-hybridized carbons (Fsp3) is 0.647. The Morgan fingerprint density at radius 2 is 2.00 bits per heavy atom. The molecule has 0 radical (unpaired) electrons. The Bertz CT molecular complexity index is 623. The molecule has 2 N–H and O–H groups in total. The lowest BCUT2D eigenvalue weighted by atomic mass is 9.88. The second-order valence-electron chi connectivity index (χ2n) is 6.66. The first kappa shape index (κ1) is 19.4. The molecule has 0 bridgehead atoms. The molecule has 1 aromatic heterocycles. The van der Waals surface area contributed by atoms with Crippen molar-refractivity contribution in [3.63, 3.8) is 0 Å². The number of hydrogen-bond donors (Lipinski definition) is 2. The number of rotatable bonds is 7. The first-order chi connectivity index (χ1) is 11.9. The van der Waals surface area contributed by atoms with Crippen LogP contribution in [0.15, 0.2) is 5.38 Å². The molecule has 1 fully saturated rings. The maximum Gasteiger partial charge on any atom is 0.309 e. The molecule has 7 nitrogen and oxygen atoms in total. The fourth-order valence-electron chi connectivity index (χ4n) is 3.01. The van der Waals surface area contributed by atoms with Gasteiger partial charge in [-0.05, 0) is 26.7 Å². The van der Waals surface area contributed by atoms with Gasteiger partial charge in [-0.2, -0.15) is 0 Å². The van der Waals surface area contributed by atoms with Crippen molar-refractivity contribution in [3.05, 3.63) is 11.1 Å². The Labute approximate surface area is 151 Å². The Kier molecular flexibility index (Phi) is 6.92. The summed E-state index contributed by atoms with van der Waals surface area (Å²) < 4.78 is 0. The van der Waals surface area contributed by atoms with Crippen molar-refractivity contribution < 1.29 is 19.5 Å². The summed E-state index contributed by atoms with van der Waals surface area (Å²) in [6.45, 7) is 3.80. The molecule has 1 saturated carbocycles. The number of anilines is 1. The number of nitrogens with zero attached hydrogens (tertiary/aromatic N) is 2. The summed E-state index contributed by atoms with van der Waals surface area (Å²) in [5.41, 5.74) is 0.409. The molecule has 0 atom stereocenters. The number of thiazole rings is 1. The molecule has 1 aliphatic rings. The second kappa shape index (κ2) is 8.94. The molecule has 138 valence electrons. The zero-order valence-electron chi connectivity index (χ0n) is 14.7. The number of carboxylic acid groups (broad SMARTS) is 1. The van der Waals surface area contributed by atoms with Crippen LogP contribution in [0.4, 0.5) is 5.13 Å². The molecular weight excluding hydrogens is 342 g/mol. The van der Waals surface area contributed by atoms with Gasteiger partial charge in [0.05, 0.1) is 12.1 Å². The normalized spacial score (nSPS) is 15.2. The standard InChI is InChI=1S/C17H25N3O4S/c1-11(2)20(16(24)12-6-4-3-5-7-12)9-14(21)19-17-18-13(10-25-17)8-15(22)23/h10-12H,3-9H2,1-2H3,(H,22,23)(H,18,19,21). The summed E-state index contributed by atoms with van der Waals surface area (Å²) in [4.78, 5) is 41.4. The van der Waals surface area contributed by atoms with Crippen molar-refractivity contribution in [1.29, 1.82) is 0 Å². The maximum atomic E-state index is 12.7. The minimum atomic E-state index is -0.966. The number of amides is 2. The van der Waals surface area contributed by atoms with Crippen molar-refractivity contribution in [1.82, 2.24) is 9.88 Å². The van der Waals surface area contributed by atoms with Crippen molar-refractivity contribution >= 4 is 34.3 Å². The SMILES string of the molecule is CC(C)N(CC(=O)Nc1nc(CC(=O)O)cs1)C(=O)C1CCCCC1. The van der Waals surface area contributed by atoms with Gasteiger partial charge in [-0.1, -0.05) is 19.3 Å². The van der Waals surface area contributed by atoms with E-state index in [0.717, 1.165) is 25.7 Å². The van der Waals surface area contributed by atoms with Crippen molar-refractivity contribution in [2.45, 2.75) is 58.4 Å². The van der Waals surface area contributed by atoms with Gasteiger partial charge in [-0.15, -0.1) is 11.3 Å². The van der Waals surface area contributed by atoms with E-state index in [1.165, 1.54) is 17.8 Å². The number of aromatic nitrogens is 1. The third-order valence-corrected chi connectivity index (χ3v) is 5.11. The van der Waals surface area contributed by atoms with E-state index in [1.807, 2.05) is 13.8 Å². The topological polar surface area (TPSA) is 99.6 Å². The molecule has 0 saturated heterocycles. The van der Waals surface area contributed by atoms with E-state index < -0.39 is 5.97 Å². The molecule has 2 rings (SSSR count). The molecule has 1 heterocycles. The smallest absolute Gasteiger partial charge is 0.309 e. The highest BCUT2D eigenvalue weighted by Crippen LogP contribution is 2.26. The quantitative estimate of drug-likeness (QED) is 0.771. The Hall–Kier alpha value is -1.96. The van der Waals surface area contributed by atoms with Crippen LogP contribution in [0, 0.1) is 5.92 Å². The largest absolute Gasteiger partial charge is 0.481 e. The van der Waals surface area contributed by atoms with Gasteiger partial charge >= 0.3 is 5.97 Å². The van der Waals surface area contributed by atoms with Crippen LogP contribution >= 0.6 is 11.3 Å². The lowest BCUT2D eigenvalue weighted by Gasteiger charge is -2.31. The van der Waals surface area contributed by atoms with Crippen LogP contribution in [0.1, 0.15) is 51.6 Å². The third-order valence-electron chi connectivity index (χ3n) is 4.31. The van der Waals surface area contributed by atoms with Gasteiger partial charge in [0.2, 0.25) is 11.8 Å². The number of hydrogen-bond acceptors (Lipinski definition) is 5. The predicted octanol–water partition coefficient (Wildman–Crippen LogP) is 2.53. The number of aliphatic carboxylic acids is 1. The first-order valence-electron chi connectivity index (χ1n) is 8.63. The minimum Gasteiger partial charge on any atom is -0.481 e. The van der Waals surface area contributed by atoms with Crippen molar-refractivity contribution in [2.24, 2.45) is 5.92 Å². The number of carboxylic acids is 1. The number of nitrogens with one attached hydrogen (secondary N) is 1. The zero-order valence-corrected chi connectivity index (χ0v) is 15.5. The molecule has 8 heteroatoms. The average molecular weight is 367 g/mol. The molecule has 0 aliphatic heterocycles. The van der Waals surface area contributed by atoms with E-state index in [4.69, 9.17) is 5.11 Å². The van der Waals surface area contributed by atoms with Crippen LogP contribution in [0.25, 0.3) is 0 Å². The Morgan fingerprint density at radius 1 is 1.32 bits per heavy atom. The van der Waals surface area contributed by atoms with Crippen molar-refractivity contribution in [3.8, 4) is 0 Å². The molecule has 0 unspecified atom stereocenters. The zero-order chi connectivity index (χ0) is 18.4. The van der Waals surface area contributed by atoms with Crippen LogP contribution in [-0.2, 0) is 20.8 Å². The summed E-state index contributed by atoms with van der Waals surface area (Å²) in [6, 6.07) is -0.0564. The van der Waals surface area contributed by atoms with Gasteiger partial charge in [0, 0.05) is 17.3 Å². The van der Waals surface area contributed by atoms with E-state index in [2.05, 4.69) is 10.3 Å². The molecular formula is C17H25N3O4S. The molecule has 1 aromatic rings. The summed E-state index contributed by atoms with van der Waals surface area (Å²) in [5.74, 6) is -1.21. The van der Waals surface area contributed by atoms with Gasteiger partial charge in [-0.25, -0.2) is 4.98 Å². The highest BCUT2D eigenvalue weighted by Gasteiger charge is 2.28. The van der Waals surface area contributed by atoms with Gasteiger partial charge in [0.1, 0.15) is 6.54 Å². The van der Waals surface area contributed by atoms with E-state index in [1.54, 1.807) is 10.3 Å². The highest BCUT2D eigenvalue weighted by molar-refractivity contribution is 7.13. The Morgan fingerprint density at radius 3 is 2.60 bits per heavy atom. The van der Waals surface area contributed by atoms with E-state index >= 15 is 0 Å². The van der Waals surface area contributed by atoms with Crippen LogP contribution in [0.3, 0.4) is 0 Å².